The average molecular weight is 607 g/mol. The maximum absolute atomic E-state index is 14.9. The third kappa shape index (κ3) is 7.99. The summed E-state index contributed by atoms with van der Waals surface area (Å²) < 4.78 is 87.7. The Morgan fingerprint density at radius 1 is 1.05 bits per heavy atom. The second-order valence-electron chi connectivity index (χ2n) is 8.47. The third-order valence-corrected chi connectivity index (χ3v) is 5.30. The molecule has 0 aliphatic rings. The molecule has 2 aromatic carbocycles. The van der Waals surface area contributed by atoms with Crippen molar-refractivity contribution in [2.24, 2.45) is 7.05 Å². The summed E-state index contributed by atoms with van der Waals surface area (Å²) >= 11 is 0. The summed E-state index contributed by atoms with van der Waals surface area (Å²) in [5.74, 6) is -6.12. The number of amides is 1. The van der Waals surface area contributed by atoms with Crippen LogP contribution in [0, 0.1) is 5.82 Å². The van der Waals surface area contributed by atoms with Gasteiger partial charge in [-0.2, -0.15) is 32.0 Å². The molecular weight excluding hydrogens is 588 g/mol. The number of alkyl halides is 5. The second kappa shape index (κ2) is 12.5. The quantitative estimate of drug-likeness (QED) is 0.0904. The molecule has 224 valence electrons. The molecule has 17 heteroatoms. The van der Waals surface area contributed by atoms with Gasteiger partial charge < -0.3 is 25.4 Å². The van der Waals surface area contributed by atoms with Crippen molar-refractivity contribution in [1.29, 1.82) is 0 Å². The molecule has 0 bridgehead atoms. The van der Waals surface area contributed by atoms with Gasteiger partial charge in [0.25, 0.3) is 5.91 Å². The number of carbonyl (C=O) groups excluding carboxylic acids is 2. The van der Waals surface area contributed by atoms with Gasteiger partial charge in [0.15, 0.2) is 5.76 Å². The second-order valence-corrected chi connectivity index (χ2v) is 8.47. The topological polar surface area (TPSA) is 132 Å². The van der Waals surface area contributed by atoms with Gasteiger partial charge in [-0.25, -0.2) is 14.2 Å². The summed E-state index contributed by atoms with van der Waals surface area (Å²) in [6.07, 6.45) is -0.915. The maximum atomic E-state index is 14.9. The molecule has 3 N–H and O–H groups in total. The molecule has 1 amide bonds. The van der Waals surface area contributed by atoms with Crippen LogP contribution in [0.25, 0.3) is 11.1 Å². The molecule has 4 rings (SSSR count). The van der Waals surface area contributed by atoms with Crippen LogP contribution in [0.3, 0.4) is 0 Å². The van der Waals surface area contributed by atoms with Crippen molar-refractivity contribution < 1.29 is 45.4 Å². The Balaban J connectivity index is 1.65. The van der Waals surface area contributed by atoms with Crippen molar-refractivity contribution in [3.8, 4) is 16.9 Å². The van der Waals surface area contributed by atoms with Crippen LogP contribution in [0.5, 0.6) is 5.75 Å². The Morgan fingerprint density at radius 2 is 1.81 bits per heavy atom. The Hall–Kier alpha value is -5.61. The molecule has 0 aliphatic carbocycles. The first-order valence-electron chi connectivity index (χ1n) is 11.8. The molecule has 0 spiro atoms. The highest BCUT2D eigenvalue weighted by Crippen LogP contribution is 2.33. The van der Waals surface area contributed by atoms with Gasteiger partial charge in [-0.3, -0.25) is 9.48 Å². The van der Waals surface area contributed by atoms with E-state index in [9.17, 15) is 35.9 Å². The van der Waals surface area contributed by atoms with Gasteiger partial charge in [0, 0.05) is 30.7 Å². The first-order valence-corrected chi connectivity index (χ1v) is 11.8. The number of aryl methyl sites for hydroxylation is 1. The molecule has 11 nitrogen and oxygen atoms in total. The molecule has 4 aromatic rings. The van der Waals surface area contributed by atoms with E-state index in [1.165, 1.54) is 41.3 Å². The van der Waals surface area contributed by atoms with E-state index in [1.54, 1.807) is 13.2 Å². The highest BCUT2D eigenvalue weighted by atomic mass is 19.4. The molecule has 0 unspecified atom stereocenters. The molecule has 0 saturated heterocycles. The van der Waals surface area contributed by atoms with Crippen LogP contribution in [-0.4, -0.2) is 44.4 Å². The fourth-order valence-electron chi connectivity index (χ4n) is 3.45. The normalized spacial score (nSPS) is 11.2. The van der Waals surface area contributed by atoms with Crippen LogP contribution in [0.15, 0.2) is 73.4 Å². The smallest absolute Gasteiger partial charge is 0.435 e. The predicted molar refractivity (Wildman–Crippen MR) is 140 cm³/mol. The molecule has 43 heavy (non-hydrogen) atoms. The van der Waals surface area contributed by atoms with Crippen molar-refractivity contribution in [1.82, 2.24) is 19.7 Å². The summed E-state index contributed by atoms with van der Waals surface area (Å²) in [4.78, 5) is 31.8. The number of nitrogens with one attached hydrogen (secondary N) is 3. The van der Waals surface area contributed by atoms with Crippen molar-refractivity contribution >= 4 is 40.7 Å². The zero-order chi connectivity index (χ0) is 31.3. The predicted octanol–water partition coefficient (Wildman–Crippen LogP) is 5.66. The molecular formula is C26H19F6N7O4. The average Bonchev–Trinajstić information content (AvgIpc) is 3.34. The minimum atomic E-state index is -5.36. The SMILES string of the molecule is C=C(OC(=O)C(F)(F)F)C(=O)Nc1ccc(F)c(Nc2nc(Nc3cnn(C)c3)ncc2-c2cccc(OC(F)F)c2)c1. The van der Waals surface area contributed by atoms with Crippen LogP contribution in [-0.2, 0) is 21.4 Å². The Labute approximate surface area is 238 Å². The van der Waals surface area contributed by atoms with Gasteiger partial charge in [0.2, 0.25) is 5.95 Å². The van der Waals surface area contributed by atoms with Crippen LogP contribution in [0.4, 0.5) is 55.2 Å². The maximum Gasteiger partial charge on any atom is 0.491 e. The van der Waals surface area contributed by atoms with Crippen LogP contribution in [0.2, 0.25) is 0 Å². The lowest BCUT2D eigenvalue weighted by Crippen LogP contribution is -2.28. The van der Waals surface area contributed by atoms with E-state index in [-0.39, 0.29) is 34.5 Å². The van der Waals surface area contributed by atoms with Crippen molar-refractivity contribution in [2.45, 2.75) is 12.8 Å². The van der Waals surface area contributed by atoms with Gasteiger partial charge in [0.1, 0.15) is 17.4 Å². The zero-order valence-corrected chi connectivity index (χ0v) is 21.7. The van der Waals surface area contributed by atoms with E-state index in [2.05, 4.69) is 47.1 Å². The highest BCUT2D eigenvalue weighted by Gasteiger charge is 2.42. The molecule has 0 radical (unpaired) electrons. The minimum absolute atomic E-state index is 0.0264. The third-order valence-electron chi connectivity index (χ3n) is 5.30. The first-order chi connectivity index (χ1) is 20.3. The number of carbonyl (C=O) groups is 2. The summed E-state index contributed by atoms with van der Waals surface area (Å²) in [5, 5.41) is 11.8. The summed E-state index contributed by atoms with van der Waals surface area (Å²) in [5.41, 5.74) is 0.632. The lowest BCUT2D eigenvalue weighted by atomic mass is 10.1. The number of anilines is 5. The van der Waals surface area contributed by atoms with E-state index in [0.717, 1.165) is 18.2 Å². The highest BCUT2D eigenvalue weighted by molar-refractivity contribution is 6.03. The molecule has 2 heterocycles. The van der Waals surface area contributed by atoms with Crippen molar-refractivity contribution in [3.63, 3.8) is 0 Å². The molecule has 0 fully saturated rings. The van der Waals surface area contributed by atoms with Gasteiger partial charge in [-0.15, -0.1) is 0 Å². The van der Waals surface area contributed by atoms with E-state index >= 15 is 0 Å². The number of esters is 1. The van der Waals surface area contributed by atoms with E-state index in [0.29, 0.717) is 11.3 Å². The lowest BCUT2D eigenvalue weighted by Gasteiger charge is -2.15. The number of ether oxygens (including phenoxy) is 2. The van der Waals surface area contributed by atoms with Crippen molar-refractivity contribution in [3.05, 3.63) is 79.2 Å². The number of halogens is 6. The van der Waals surface area contributed by atoms with E-state index in [1.807, 2.05) is 0 Å². The van der Waals surface area contributed by atoms with Crippen LogP contribution in [0.1, 0.15) is 0 Å². The summed E-state index contributed by atoms with van der Waals surface area (Å²) in [6.45, 7) is -0.0918. The Bertz CT molecular complexity index is 1680. The molecule has 2 aromatic heterocycles. The number of benzene rings is 2. The molecule has 0 aliphatic heterocycles. The zero-order valence-electron chi connectivity index (χ0n) is 21.7. The van der Waals surface area contributed by atoms with Crippen LogP contribution < -0.4 is 20.7 Å². The first kappa shape index (κ1) is 30.4. The minimum Gasteiger partial charge on any atom is -0.435 e. The Morgan fingerprint density at radius 3 is 2.49 bits per heavy atom. The molecule has 0 atom stereocenters. The van der Waals surface area contributed by atoms with E-state index < -0.39 is 36.2 Å². The lowest BCUT2D eigenvalue weighted by molar-refractivity contribution is -0.195. The fraction of sp³-hybridized carbons (Fsp3) is 0.115. The Kier molecular flexibility index (Phi) is 8.82. The molecule has 0 saturated carbocycles. The summed E-state index contributed by atoms with van der Waals surface area (Å²) in [6, 6.07) is 8.64. The number of hydrogen-bond donors (Lipinski definition) is 3. The monoisotopic (exact) mass is 607 g/mol. The summed E-state index contributed by atoms with van der Waals surface area (Å²) in [7, 11) is 1.68. The van der Waals surface area contributed by atoms with Crippen LogP contribution >= 0.6 is 0 Å². The van der Waals surface area contributed by atoms with Gasteiger partial charge in [0.05, 0.1) is 17.6 Å². The van der Waals surface area contributed by atoms with Gasteiger partial charge in [-0.1, -0.05) is 18.7 Å². The van der Waals surface area contributed by atoms with Crippen molar-refractivity contribution in [2.75, 3.05) is 16.0 Å². The standard InChI is InChI=1S/C26H19F6N7O4/c1-13(42-23(41)26(30,31)32)22(40)35-15-6-7-19(27)20(9-15)37-21-18(14-4-3-5-17(8-14)43-24(28)29)11-33-25(38-21)36-16-10-34-39(2)12-16/h3-12,24H,1H2,2H3,(H,35,40)(H2,33,36,37,38). The number of hydrogen-bond acceptors (Lipinski definition) is 9. The largest absolute Gasteiger partial charge is 0.491 e. The van der Waals surface area contributed by atoms with Gasteiger partial charge in [-0.05, 0) is 35.9 Å². The van der Waals surface area contributed by atoms with E-state index in [4.69, 9.17) is 0 Å². The fourth-order valence-corrected chi connectivity index (χ4v) is 3.45. The number of aromatic nitrogens is 4. The number of nitrogens with zero attached hydrogens (tertiary/aromatic N) is 4. The van der Waals surface area contributed by atoms with Gasteiger partial charge >= 0.3 is 18.8 Å². The number of rotatable bonds is 10.